The van der Waals surface area contributed by atoms with Gasteiger partial charge in [0.2, 0.25) is 0 Å². The summed E-state index contributed by atoms with van der Waals surface area (Å²) >= 11 is 0. The summed E-state index contributed by atoms with van der Waals surface area (Å²) in [6, 6.07) is 10.4. The van der Waals surface area contributed by atoms with Crippen LogP contribution >= 0.6 is 0 Å². The molecule has 0 unspecified atom stereocenters. The van der Waals surface area contributed by atoms with Crippen molar-refractivity contribution in [2.75, 3.05) is 7.11 Å². The molecule has 0 fully saturated rings. The molecule has 19 heavy (non-hydrogen) atoms. The van der Waals surface area contributed by atoms with E-state index >= 15 is 0 Å². The molecule has 0 spiro atoms. The summed E-state index contributed by atoms with van der Waals surface area (Å²) in [7, 11) is 1.68. The standard InChI is InChI=1S/C16H14N2O/c1-19-13-5-6-15-11(9-13)8-12-7-10-3-2-4-14(10)17-16(12)18-15/h5-9H,2-4H2,1H3. The second-order valence-corrected chi connectivity index (χ2v) is 5.04. The van der Waals surface area contributed by atoms with Crippen molar-refractivity contribution < 1.29 is 4.74 Å². The molecule has 94 valence electrons. The summed E-state index contributed by atoms with van der Waals surface area (Å²) in [4.78, 5) is 9.37. The smallest absolute Gasteiger partial charge is 0.160 e. The van der Waals surface area contributed by atoms with E-state index in [0.717, 1.165) is 40.5 Å². The first-order valence-electron chi connectivity index (χ1n) is 6.61. The number of hydrogen-bond donors (Lipinski definition) is 0. The van der Waals surface area contributed by atoms with E-state index in [2.05, 4.69) is 17.1 Å². The molecule has 0 aliphatic heterocycles. The van der Waals surface area contributed by atoms with Crippen molar-refractivity contribution in [1.29, 1.82) is 0 Å². The van der Waals surface area contributed by atoms with Gasteiger partial charge in [0.15, 0.2) is 5.65 Å². The van der Waals surface area contributed by atoms with Crippen LogP contribution < -0.4 is 4.74 Å². The highest BCUT2D eigenvalue weighted by atomic mass is 16.5. The van der Waals surface area contributed by atoms with E-state index in [1.165, 1.54) is 17.7 Å². The lowest BCUT2D eigenvalue weighted by Gasteiger charge is -2.06. The predicted molar refractivity (Wildman–Crippen MR) is 75.6 cm³/mol. The number of rotatable bonds is 1. The molecule has 0 N–H and O–H groups in total. The lowest BCUT2D eigenvalue weighted by atomic mass is 10.1. The highest BCUT2D eigenvalue weighted by Gasteiger charge is 2.14. The van der Waals surface area contributed by atoms with Crippen molar-refractivity contribution in [3.8, 4) is 5.75 Å². The van der Waals surface area contributed by atoms with E-state index in [1.807, 2.05) is 18.2 Å². The number of aryl methyl sites for hydroxylation is 2. The molecule has 3 nitrogen and oxygen atoms in total. The van der Waals surface area contributed by atoms with Crippen LogP contribution in [0.25, 0.3) is 21.9 Å². The topological polar surface area (TPSA) is 35.0 Å². The highest BCUT2D eigenvalue weighted by Crippen LogP contribution is 2.27. The quantitative estimate of drug-likeness (QED) is 0.622. The van der Waals surface area contributed by atoms with Crippen LogP contribution in [0, 0.1) is 0 Å². The van der Waals surface area contributed by atoms with E-state index < -0.39 is 0 Å². The Kier molecular flexibility index (Phi) is 2.21. The van der Waals surface area contributed by atoms with Crippen LogP contribution in [0.2, 0.25) is 0 Å². The first-order valence-corrected chi connectivity index (χ1v) is 6.61. The Labute approximate surface area is 111 Å². The Morgan fingerprint density at radius 2 is 1.95 bits per heavy atom. The molecule has 1 aliphatic rings. The second-order valence-electron chi connectivity index (χ2n) is 5.04. The van der Waals surface area contributed by atoms with Crippen LogP contribution in [-0.4, -0.2) is 17.1 Å². The molecule has 0 amide bonds. The fourth-order valence-corrected chi connectivity index (χ4v) is 2.83. The van der Waals surface area contributed by atoms with Gasteiger partial charge in [0.25, 0.3) is 0 Å². The number of nitrogens with zero attached hydrogens (tertiary/aromatic N) is 2. The number of pyridine rings is 2. The average Bonchev–Trinajstić information content (AvgIpc) is 2.88. The largest absolute Gasteiger partial charge is 0.497 e. The van der Waals surface area contributed by atoms with Gasteiger partial charge in [-0.2, -0.15) is 0 Å². The van der Waals surface area contributed by atoms with Crippen molar-refractivity contribution >= 4 is 21.9 Å². The van der Waals surface area contributed by atoms with Crippen molar-refractivity contribution in [3.05, 3.63) is 41.6 Å². The van der Waals surface area contributed by atoms with E-state index in [0.29, 0.717) is 0 Å². The molecular formula is C16H14N2O. The SMILES string of the molecule is COc1ccc2nc3nc4c(cc3cc2c1)CCC4. The molecule has 3 heteroatoms. The first kappa shape index (κ1) is 10.7. The molecule has 0 bridgehead atoms. The molecule has 2 heterocycles. The van der Waals surface area contributed by atoms with Crippen LogP contribution in [0.1, 0.15) is 17.7 Å². The molecule has 2 aromatic heterocycles. The number of benzene rings is 1. The van der Waals surface area contributed by atoms with Gasteiger partial charge in [-0.05, 0) is 55.2 Å². The Hall–Kier alpha value is -2.16. The van der Waals surface area contributed by atoms with E-state index in [9.17, 15) is 0 Å². The van der Waals surface area contributed by atoms with Gasteiger partial charge in [-0.1, -0.05) is 0 Å². The molecule has 1 aliphatic carbocycles. The molecule has 3 aromatic rings. The number of aromatic nitrogens is 2. The third kappa shape index (κ3) is 1.65. The van der Waals surface area contributed by atoms with Gasteiger partial charge in [-0.15, -0.1) is 0 Å². The van der Waals surface area contributed by atoms with Gasteiger partial charge in [0.1, 0.15) is 5.75 Å². The van der Waals surface area contributed by atoms with Crippen LogP contribution in [0.3, 0.4) is 0 Å². The average molecular weight is 250 g/mol. The van der Waals surface area contributed by atoms with Crippen molar-refractivity contribution in [2.24, 2.45) is 0 Å². The van der Waals surface area contributed by atoms with Gasteiger partial charge >= 0.3 is 0 Å². The predicted octanol–water partition coefficient (Wildman–Crippen LogP) is 3.28. The van der Waals surface area contributed by atoms with Crippen molar-refractivity contribution in [1.82, 2.24) is 9.97 Å². The van der Waals surface area contributed by atoms with Gasteiger partial charge < -0.3 is 4.74 Å². The summed E-state index contributed by atoms with van der Waals surface area (Å²) in [5.41, 5.74) is 4.45. The monoisotopic (exact) mass is 250 g/mol. The summed E-state index contributed by atoms with van der Waals surface area (Å²) in [6.45, 7) is 0. The maximum atomic E-state index is 5.26. The van der Waals surface area contributed by atoms with Crippen molar-refractivity contribution in [2.45, 2.75) is 19.3 Å². The molecule has 0 atom stereocenters. The van der Waals surface area contributed by atoms with Crippen LogP contribution in [0.4, 0.5) is 0 Å². The zero-order valence-corrected chi connectivity index (χ0v) is 10.8. The molecular weight excluding hydrogens is 236 g/mol. The number of fused-ring (bicyclic) bond motifs is 3. The summed E-state index contributed by atoms with van der Waals surface area (Å²) in [6.07, 6.45) is 3.45. The van der Waals surface area contributed by atoms with Crippen LogP contribution in [0.5, 0.6) is 5.75 Å². The second kappa shape index (κ2) is 3.92. The molecule has 0 radical (unpaired) electrons. The third-order valence-corrected chi connectivity index (χ3v) is 3.83. The minimum Gasteiger partial charge on any atom is -0.497 e. The van der Waals surface area contributed by atoms with Gasteiger partial charge in [0.05, 0.1) is 12.6 Å². The molecule has 0 saturated heterocycles. The lowest BCUT2D eigenvalue weighted by Crippen LogP contribution is -1.93. The van der Waals surface area contributed by atoms with E-state index in [4.69, 9.17) is 9.72 Å². The number of ether oxygens (including phenoxy) is 1. The number of methoxy groups -OCH3 is 1. The molecule has 0 saturated carbocycles. The third-order valence-electron chi connectivity index (χ3n) is 3.83. The van der Waals surface area contributed by atoms with E-state index in [1.54, 1.807) is 7.11 Å². The Balaban J connectivity index is 2.02. The lowest BCUT2D eigenvalue weighted by molar-refractivity contribution is 0.415. The van der Waals surface area contributed by atoms with Crippen LogP contribution in [-0.2, 0) is 12.8 Å². The maximum Gasteiger partial charge on any atom is 0.160 e. The molecule has 1 aromatic carbocycles. The highest BCUT2D eigenvalue weighted by molar-refractivity contribution is 5.92. The summed E-state index contributed by atoms with van der Waals surface area (Å²) < 4.78 is 5.26. The Morgan fingerprint density at radius 3 is 2.84 bits per heavy atom. The minimum atomic E-state index is 0.860. The first-order chi connectivity index (χ1) is 9.33. The molecule has 4 rings (SSSR count). The maximum absolute atomic E-state index is 5.26. The minimum absolute atomic E-state index is 0.860. The fourth-order valence-electron chi connectivity index (χ4n) is 2.83. The fraction of sp³-hybridized carbons (Fsp3) is 0.250. The summed E-state index contributed by atoms with van der Waals surface area (Å²) in [5, 5.41) is 2.23. The van der Waals surface area contributed by atoms with Crippen molar-refractivity contribution in [3.63, 3.8) is 0 Å². The van der Waals surface area contributed by atoms with Gasteiger partial charge in [-0.3, -0.25) is 0 Å². The van der Waals surface area contributed by atoms with Gasteiger partial charge in [0, 0.05) is 16.5 Å². The number of hydrogen-bond acceptors (Lipinski definition) is 3. The normalized spacial score (nSPS) is 13.9. The Bertz CT molecular complexity index is 795. The zero-order chi connectivity index (χ0) is 12.8. The van der Waals surface area contributed by atoms with E-state index in [-0.39, 0.29) is 0 Å². The van der Waals surface area contributed by atoms with Crippen LogP contribution in [0.15, 0.2) is 30.3 Å². The van der Waals surface area contributed by atoms with Gasteiger partial charge in [-0.25, -0.2) is 9.97 Å². The zero-order valence-electron chi connectivity index (χ0n) is 10.8. The Morgan fingerprint density at radius 1 is 1.00 bits per heavy atom. The summed E-state index contributed by atoms with van der Waals surface area (Å²) in [5.74, 6) is 0.864.